The number of aryl methyl sites for hydroxylation is 1. The van der Waals surface area contributed by atoms with Crippen LogP contribution in [0.25, 0.3) is 22.4 Å². The Morgan fingerprint density at radius 1 is 1.03 bits per heavy atom. The van der Waals surface area contributed by atoms with Crippen LogP contribution < -0.4 is 10.6 Å². The number of amides is 3. The maximum Gasteiger partial charge on any atom is 0.321 e. The van der Waals surface area contributed by atoms with Crippen LogP contribution in [0.15, 0.2) is 54.9 Å². The minimum absolute atomic E-state index is 0.0492. The standard InChI is InChI=1S/C27H31N5O2/c1-17(2)21-9-12-32(16-21)27(34)31-22-6-5-18(3)23(15-22)19-7-10-29-24(13-19)20-8-11-30-25(14-20)26(33)28-4/h5-8,10-11,13-15,17,21H,9,12,16H2,1-4H3,(H,28,33)(H,31,34). The summed E-state index contributed by atoms with van der Waals surface area (Å²) < 4.78 is 0. The molecule has 1 saturated heterocycles. The minimum atomic E-state index is -0.241. The molecule has 0 saturated carbocycles. The third kappa shape index (κ3) is 5.09. The first-order chi connectivity index (χ1) is 16.4. The average molecular weight is 458 g/mol. The maximum absolute atomic E-state index is 12.8. The third-order valence-electron chi connectivity index (χ3n) is 6.53. The van der Waals surface area contributed by atoms with Crippen molar-refractivity contribution in [3.63, 3.8) is 0 Å². The van der Waals surface area contributed by atoms with Gasteiger partial charge >= 0.3 is 6.03 Å². The van der Waals surface area contributed by atoms with E-state index < -0.39 is 0 Å². The Balaban J connectivity index is 1.57. The highest BCUT2D eigenvalue weighted by molar-refractivity contribution is 5.93. The van der Waals surface area contributed by atoms with E-state index >= 15 is 0 Å². The van der Waals surface area contributed by atoms with Crippen molar-refractivity contribution in [3.05, 3.63) is 66.1 Å². The Labute approximate surface area is 200 Å². The van der Waals surface area contributed by atoms with Crippen LogP contribution in [0, 0.1) is 18.8 Å². The molecule has 176 valence electrons. The number of anilines is 1. The molecule has 7 nitrogen and oxygen atoms in total. The van der Waals surface area contributed by atoms with Crippen LogP contribution in [0.5, 0.6) is 0 Å². The molecule has 1 aliphatic heterocycles. The summed E-state index contributed by atoms with van der Waals surface area (Å²) in [5.41, 5.74) is 5.76. The molecular formula is C27H31N5O2. The lowest BCUT2D eigenvalue weighted by atomic mass is 9.95. The first-order valence-corrected chi connectivity index (χ1v) is 11.7. The molecule has 0 aliphatic carbocycles. The number of carbonyl (C=O) groups excluding carboxylic acids is 2. The molecule has 0 bridgehead atoms. The van der Waals surface area contributed by atoms with Crippen molar-refractivity contribution in [2.45, 2.75) is 27.2 Å². The van der Waals surface area contributed by atoms with Crippen molar-refractivity contribution in [3.8, 4) is 22.4 Å². The van der Waals surface area contributed by atoms with E-state index in [0.29, 0.717) is 17.5 Å². The van der Waals surface area contributed by atoms with Gasteiger partial charge in [0.05, 0.1) is 5.69 Å². The van der Waals surface area contributed by atoms with Crippen LogP contribution >= 0.6 is 0 Å². The number of likely N-dealkylation sites (tertiary alicyclic amines) is 1. The van der Waals surface area contributed by atoms with Gasteiger partial charge in [-0.25, -0.2) is 4.79 Å². The predicted molar refractivity (Wildman–Crippen MR) is 135 cm³/mol. The van der Waals surface area contributed by atoms with Gasteiger partial charge in [-0.05, 0) is 78.3 Å². The lowest BCUT2D eigenvalue weighted by Crippen LogP contribution is -2.33. The molecule has 2 aromatic heterocycles. The van der Waals surface area contributed by atoms with E-state index in [0.717, 1.165) is 53.1 Å². The maximum atomic E-state index is 12.8. The zero-order chi connectivity index (χ0) is 24.2. The molecule has 1 aliphatic rings. The van der Waals surface area contributed by atoms with Crippen LogP contribution in [0.3, 0.4) is 0 Å². The van der Waals surface area contributed by atoms with Crippen molar-refractivity contribution in [2.24, 2.45) is 11.8 Å². The summed E-state index contributed by atoms with van der Waals surface area (Å²) in [5.74, 6) is 0.902. The largest absolute Gasteiger partial charge is 0.354 e. The molecule has 0 radical (unpaired) electrons. The molecule has 1 unspecified atom stereocenters. The summed E-state index contributed by atoms with van der Waals surface area (Å²) in [4.78, 5) is 35.3. The molecule has 7 heteroatoms. The molecule has 3 aromatic rings. The molecule has 3 amide bonds. The van der Waals surface area contributed by atoms with Gasteiger partial charge in [0.15, 0.2) is 0 Å². The SMILES string of the molecule is CNC(=O)c1cc(-c2cc(-c3cc(NC(=O)N4CCC(C(C)C)C4)ccc3C)ccn2)ccn1. The molecule has 1 aromatic carbocycles. The van der Waals surface area contributed by atoms with Gasteiger partial charge in [-0.15, -0.1) is 0 Å². The molecule has 4 rings (SSSR count). The first kappa shape index (κ1) is 23.4. The topological polar surface area (TPSA) is 87.2 Å². The van der Waals surface area contributed by atoms with Crippen LogP contribution in [0.2, 0.25) is 0 Å². The molecule has 3 heterocycles. The predicted octanol–water partition coefficient (Wildman–Crippen LogP) is 4.99. The quantitative estimate of drug-likeness (QED) is 0.565. The van der Waals surface area contributed by atoms with E-state index in [1.165, 1.54) is 0 Å². The normalized spacial score (nSPS) is 15.4. The fourth-order valence-corrected chi connectivity index (χ4v) is 4.33. The number of urea groups is 1. The number of hydrogen-bond acceptors (Lipinski definition) is 4. The van der Waals surface area contributed by atoms with Gasteiger partial charge in [-0.1, -0.05) is 19.9 Å². The number of benzene rings is 1. The van der Waals surface area contributed by atoms with Crippen molar-refractivity contribution in [1.29, 1.82) is 0 Å². The van der Waals surface area contributed by atoms with Crippen LogP contribution in [-0.2, 0) is 0 Å². The lowest BCUT2D eigenvalue weighted by molar-refractivity contribution is 0.0958. The second kappa shape index (κ2) is 10.0. The smallest absolute Gasteiger partial charge is 0.321 e. The van der Waals surface area contributed by atoms with Crippen LogP contribution in [0.1, 0.15) is 36.3 Å². The highest BCUT2D eigenvalue weighted by atomic mass is 16.2. The van der Waals surface area contributed by atoms with E-state index in [4.69, 9.17) is 0 Å². The fraction of sp³-hybridized carbons (Fsp3) is 0.333. The molecule has 2 N–H and O–H groups in total. The Bertz CT molecular complexity index is 1210. The van der Waals surface area contributed by atoms with Gasteiger partial charge in [-0.2, -0.15) is 0 Å². The first-order valence-electron chi connectivity index (χ1n) is 11.7. The van der Waals surface area contributed by atoms with Gasteiger partial charge in [0.25, 0.3) is 5.91 Å². The Kier molecular flexibility index (Phi) is 6.91. The number of nitrogens with zero attached hydrogens (tertiary/aromatic N) is 3. The number of aromatic nitrogens is 2. The summed E-state index contributed by atoms with van der Waals surface area (Å²) in [6, 6.07) is 13.4. The minimum Gasteiger partial charge on any atom is -0.354 e. The van der Waals surface area contributed by atoms with Gasteiger partial charge in [0, 0.05) is 43.8 Å². The van der Waals surface area contributed by atoms with Gasteiger partial charge < -0.3 is 15.5 Å². The van der Waals surface area contributed by atoms with Crippen molar-refractivity contribution in [2.75, 3.05) is 25.5 Å². The Morgan fingerprint density at radius 2 is 1.79 bits per heavy atom. The summed E-state index contributed by atoms with van der Waals surface area (Å²) in [7, 11) is 1.58. The highest BCUT2D eigenvalue weighted by Gasteiger charge is 2.28. The van der Waals surface area contributed by atoms with E-state index in [-0.39, 0.29) is 11.9 Å². The summed E-state index contributed by atoms with van der Waals surface area (Å²) in [6.45, 7) is 8.08. The van der Waals surface area contributed by atoms with Crippen molar-refractivity contribution >= 4 is 17.6 Å². The molecular weight excluding hydrogens is 426 g/mol. The lowest BCUT2D eigenvalue weighted by Gasteiger charge is -2.19. The van der Waals surface area contributed by atoms with Crippen molar-refractivity contribution < 1.29 is 9.59 Å². The van der Waals surface area contributed by atoms with Gasteiger partial charge in [0.2, 0.25) is 0 Å². The second-order valence-electron chi connectivity index (χ2n) is 9.14. The number of pyridine rings is 2. The Hall–Kier alpha value is -3.74. The van der Waals surface area contributed by atoms with Crippen molar-refractivity contribution in [1.82, 2.24) is 20.2 Å². The van der Waals surface area contributed by atoms with Crippen LogP contribution in [0.4, 0.5) is 10.5 Å². The molecule has 0 spiro atoms. The van der Waals surface area contributed by atoms with E-state index in [1.54, 1.807) is 25.5 Å². The number of carbonyl (C=O) groups is 2. The average Bonchev–Trinajstić information content (AvgIpc) is 3.36. The van der Waals surface area contributed by atoms with Gasteiger partial charge in [0.1, 0.15) is 5.69 Å². The highest BCUT2D eigenvalue weighted by Crippen LogP contribution is 2.30. The second-order valence-corrected chi connectivity index (χ2v) is 9.14. The fourth-order valence-electron chi connectivity index (χ4n) is 4.33. The Morgan fingerprint density at radius 3 is 2.53 bits per heavy atom. The number of nitrogens with one attached hydrogen (secondary N) is 2. The summed E-state index contributed by atoms with van der Waals surface area (Å²) in [6.07, 6.45) is 4.42. The molecule has 1 atom stereocenters. The van der Waals surface area contributed by atoms with E-state index in [2.05, 4.69) is 34.4 Å². The molecule has 1 fully saturated rings. The van der Waals surface area contributed by atoms with Crippen LogP contribution in [-0.4, -0.2) is 46.9 Å². The monoisotopic (exact) mass is 457 g/mol. The molecule has 34 heavy (non-hydrogen) atoms. The van der Waals surface area contributed by atoms with E-state index in [9.17, 15) is 9.59 Å². The third-order valence-corrected chi connectivity index (χ3v) is 6.53. The van der Waals surface area contributed by atoms with Gasteiger partial charge in [-0.3, -0.25) is 14.8 Å². The van der Waals surface area contributed by atoms with E-state index in [1.807, 2.05) is 48.2 Å². The number of rotatable bonds is 5. The number of hydrogen-bond donors (Lipinski definition) is 2. The summed E-state index contributed by atoms with van der Waals surface area (Å²) >= 11 is 0. The summed E-state index contributed by atoms with van der Waals surface area (Å²) in [5, 5.41) is 5.67. The zero-order valence-corrected chi connectivity index (χ0v) is 20.1. The zero-order valence-electron chi connectivity index (χ0n) is 20.1.